The van der Waals surface area contributed by atoms with Crippen LogP contribution in [-0.4, -0.2) is 37.2 Å². The van der Waals surface area contributed by atoms with E-state index in [1.807, 2.05) is 0 Å². The molecule has 0 aromatic heterocycles. The van der Waals surface area contributed by atoms with Gasteiger partial charge in [-0.15, -0.1) is 0 Å². The Bertz CT molecular complexity index is 1210. The van der Waals surface area contributed by atoms with Gasteiger partial charge in [0.1, 0.15) is 13.2 Å². The Balaban J connectivity index is 4.13. The van der Waals surface area contributed by atoms with Gasteiger partial charge in [0.25, 0.3) is 0 Å². The van der Waals surface area contributed by atoms with Gasteiger partial charge in [-0.2, -0.15) is 0 Å². The minimum absolute atomic E-state index is 0.0660. The van der Waals surface area contributed by atoms with Crippen LogP contribution >= 0.6 is 0 Å². The van der Waals surface area contributed by atoms with Crippen LogP contribution in [0.1, 0.15) is 348 Å². The van der Waals surface area contributed by atoms with Crippen molar-refractivity contribution in [2.24, 2.45) is 0 Å². The maximum Gasteiger partial charge on any atom is 0.306 e. The van der Waals surface area contributed by atoms with Gasteiger partial charge >= 0.3 is 17.9 Å². The van der Waals surface area contributed by atoms with Crippen molar-refractivity contribution < 1.29 is 28.6 Å². The smallest absolute Gasteiger partial charge is 0.306 e. The molecule has 0 fully saturated rings. The van der Waals surface area contributed by atoms with Crippen molar-refractivity contribution in [3.05, 3.63) is 36.5 Å². The minimum Gasteiger partial charge on any atom is -0.462 e. The summed E-state index contributed by atoms with van der Waals surface area (Å²) in [6.07, 6.45) is 74.4. The predicted octanol–water partition coefficient (Wildman–Crippen LogP) is 21.6. The third kappa shape index (κ3) is 58.5. The molecule has 0 N–H and O–H groups in total. The highest BCUT2D eigenvalue weighted by Gasteiger charge is 2.19. The second-order valence-electron chi connectivity index (χ2n) is 21.7. The Morgan fingerprint density at radius 3 is 0.778 bits per heavy atom. The van der Waals surface area contributed by atoms with Gasteiger partial charge < -0.3 is 14.2 Å². The minimum atomic E-state index is -0.766. The quantitative estimate of drug-likeness (QED) is 0.0261. The summed E-state index contributed by atoms with van der Waals surface area (Å²) in [5, 5.41) is 0. The van der Waals surface area contributed by atoms with E-state index in [1.54, 1.807) is 0 Å². The zero-order valence-corrected chi connectivity index (χ0v) is 48.5. The van der Waals surface area contributed by atoms with Gasteiger partial charge in [0.2, 0.25) is 0 Å². The molecule has 6 nitrogen and oxygen atoms in total. The number of unbranched alkanes of at least 4 members (excludes halogenated alkanes) is 42. The van der Waals surface area contributed by atoms with Crippen molar-refractivity contribution >= 4 is 17.9 Å². The van der Waals surface area contributed by atoms with E-state index in [9.17, 15) is 14.4 Å². The number of esters is 3. The fourth-order valence-corrected chi connectivity index (χ4v) is 9.57. The van der Waals surface area contributed by atoms with Crippen molar-refractivity contribution in [3.63, 3.8) is 0 Å². The SMILES string of the molecule is CCCCCCC/C=C\C/C=C\C/C=C\CCCCCCCCCCCCCCCCC(=O)OCC(COC(=O)CCCCCCCCCCCCC)OC(=O)CCCCCCCCCCCCCCCC. The second kappa shape index (κ2) is 61.2. The van der Waals surface area contributed by atoms with Crippen LogP contribution in [0.3, 0.4) is 0 Å². The average molecular weight is 1010 g/mol. The third-order valence-corrected chi connectivity index (χ3v) is 14.4. The number of hydrogen-bond acceptors (Lipinski definition) is 6. The second-order valence-corrected chi connectivity index (χ2v) is 21.7. The standard InChI is InChI=1S/C66H122O6/c1-4-7-10-13-16-19-22-24-26-27-28-29-30-31-32-33-34-35-36-37-38-39-40-42-44-47-50-53-56-59-65(68)71-62-63(61-70-64(67)58-55-52-49-46-43-21-18-15-12-9-6-3)72-66(69)60-57-54-51-48-45-41-25-23-20-17-14-11-8-5-2/h22,24,27-28,30-31,63H,4-21,23,25-26,29,32-62H2,1-3H3/b24-22-,28-27-,31-30-. The molecule has 0 rings (SSSR count). The first-order valence-electron chi connectivity index (χ1n) is 32.0. The number of rotatable bonds is 59. The lowest BCUT2D eigenvalue weighted by atomic mass is 10.0. The molecule has 72 heavy (non-hydrogen) atoms. The molecule has 0 aromatic rings. The maximum atomic E-state index is 12.8. The van der Waals surface area contributed by atoms with Gasteiger partial charge in [-0.1, -0.05) is 308 Å². The molecule has 1 atom stereocenters. The van der Waals surface area contributed by atoms with E-state index in [0.717, 1.165) is 70.6 Å². The molecule has 0 heterocycles. The normalized spacial score (nSPS) is 12.2. The molecule has 0 amide bonds. The van der Waals surface area contributed by atoms with E-state index in [1.165, 1.54) is 238 Å². The largest absolute Gasteiger partial charge is 0.462 e. The molecule has 0 spiro atoms. The highest BCUT2D eigenvalue weighted by molar-refractivity contribution is 5.71. The van der Waals surface area contributed by atoms with Gasteiger partial charge in [-0.05, 0) is 57.8 Å². The molecule has 0 saturated carbocycles. The van der Waals surface area contributed by atoms with E-state index in [2.05, 4.69) is 57.2 Å². The predicted molar refractivity (Wildman–Crippen MR) is 312 cm³/mol. The lowest BCUT2D eigenvalue weighted by Gasteiger charge is -2.18. The van der Waals surface area contributed by atoms with Crippen LogP contribution in [0.15, 0.2) is 36.5 Å². The van der Waals surface area contributed by atoms with Crippen molar-refractivity contribution in [2.75, 3.05) is 13.2 Å². The molecular formula is C66H122O6. The summed E-state index contributed by atoms with van der Waals surface area (Å²) in [6, 6.07) is 0. The molecule has 1 unspecified atom stereocenters. The van der Waals surface area contributed by atoms with Crippen LogP contribution in [0.2, 0.25) is 0 Å². The summed E-state index contributed by atoms with van der Waals surface area (Å²) < 4.78 is 16.9. The van der Waals surface area contributed by atoms with Crippen molar-refractivity contribution in [3.8, 4) is 0 Å². The first kappa shape index (κ1) is 69.6. The Morgan fingerprint density at radius 1 is 0.278 bits per heavy atom. The number of carbonyl (C=O) groups excluding carboxylic acids is 3. The zero-order valence-electron chi connectivity index (χ0n) is 48.5. The van der Waals surface area contributed by atoms with Gasteiger partial charge in [-0.3, -0.25) is 14.4 Å². The maximum absolute atomic E-state index is 12.8. The Kier molecular flexibility index (Phi) is 59.2. The summed E-state index contributed by atoms with van der Waals surface area (Å²) in [6.45, 7) is 6.67. The molecule has 0 aliphatic heterocycles. The van der Waals surface area contributed by atoms with E-state index < -0.39 is 6.10 Å². The van der Waals surface area contributed by atoms with Gasteiger partial charge in [0, 0.05) is 19.3 Å². The van der Waals surface area contributed by atoms with E-state index in [4.69, 9.17) is 14.2 Å². The van der Waals surface area contributed by atoms with Crippen LogP contribution < -0.4 is 0 Å². The third-order valence-electron chi connectivity index (χ3n) is 14.4. The number of ether oxygens (including phenoxy) is 3. The summed E-state index contributed by atoms with van der Waals surface area (Å²) in [7, 11) is 0. The molecule has 0 aliphatic carbocycles. The lowest BCUT2D eigenvalue weighted by Crippen LogP contribution is -2.30. The summed E-state index contributed by atoms with van der Waals surface area (Å²) in [4.78, 5) is 38.2. The van der Waals surface area contributed by atoms with Crippen LogP contribution in [0.25, 0.3) is 0 Å². The Hall–Kier alpha value is -2.37. The average Bonchev–Trinajstić information content (AvgIpc) is 3.38. The van der Waals surface area contributed by atoms with Gasteiger partial charge in [0.05, 0.1) is 0 Å². The molecule has 0 saturated heterocycles. The molecule has 0 aliphatic rings. The number of allylic oxidation sites excluding steroid dienone is 6. The fourth-order valence-electron chi connectivity index (χ4n) is 9.57. The molecule has 0 aromatic carbocycles. The Morgan fingerprint density at radius 2 is 0.500 bits per heavy atom. The van der Waals surface area contributed by atoms with Gasteiger partial charge in [-0.25, -0.2) is 0 Å². The van der Waals surface area contributed by atoms with Gasteiger partial charge in [0.15, 0.2) is 6.10 Å². The van der Waals surface area contributed by atoms with E-state index >= 15 is 0 Å². The summed E-state index contributed by atoms with van der Waals surface area (Å²) in [5.41, 5.74) is 0. The lowest BCUT2D eigenvalue weighted by molar-refractivity contribution is -0.167. The first-order chi connectivity index (χ1) is 35.5. The Labute approximate surface area is 448 Å². The van der Waals surface area contributed by atoms with Crippen LogP contribution in [-0.2, 0) is 28.6 Å². The number of hydrogen-bond donors (Lipinski definition) is 0. The summed E-state index contributed by atoms with van der Waals surface area (Å²) >= 11 is 0. The monoisotopic (exact) mass is 1010 g/mol. The molecule has 0 bridgehead atoms. The molecule has 0 radical (unpaired) electrons. The van der Waals surface area contributed by atoms with Crippen molar-refractivity contribution in [2.45, 2.75) is 354 Å². The molecular weight excluding hydrogens is 889 g/mol. The zero-order chi connectivity index (χ0) is 52.2. The first-order valence-corrected chi connectivity index (χ1v) is 32.0. The number of carbonyl (C=O) groups is 3. The van der Waals surface area contributed by atoms with Crippen LogP contribution in [0.4, 0.5) is 0 Å². The van der Waals surface area contributed by atoms with E-state index in [0.29, 0.717) is 19.3 Å². The van der Waals surface area contributed by atoms with E-state index in [-0.39, 0.29) is 31.1 Å². The van der Waals surface area contributed by atoms with Crippen LogP contribution in [0, 0.1) is 0 Å². The fraction of sp³-hybridized carbons (Fsp3) is 0.864. The summed E-state index contributed by atoms with van der Waals surface area (Å²) in [5.74, 6) is -0.845. The van der Waals surface area contributed by atoms with Crippen molar-refractivity contribution in [1.82, 2.24) is 0 Å². The highest BCUT2D eigenvalue weighted by Crippen LogP contribution is 2.17. The van der Waals surface area contributed by atoms with Crippen LogP contribution in [0.5, 0.6) is 0 Å². The molecule has 422 valence electrons. The van der Waals surface area contributed by atoms with Crippen molar-refractivity contribution in [1.29, 1.82) is 0 Å². The molecule has 6 heteroatoms. The highest BCUT2D eigenvalue weighted by atomic mass is 16.6. The topological polar surface area (TPSA) is 78.9 Å².